The molecule has 0 atom stereocenters. The second-order valence-corrected chi connectivity index (χ2v) is 4.70. The maximum atomic E-state index is 11.2. The number of aromatic amines is 1. The molecule has 1 aromatic rings. The average molecular weight is 257 g/mol. The first-order valence-electron chi connectivity index (χ1n) is 5.16. The van der Waals surface area contributed by atoms with Crippen molar-refractivity contribution in [3.63, 3.8) is 0 Å². The number of anilines is 1. The highest BCUT2D eigenvalue weighted by Gasteiger charge is 2.06. The lowest BCUT2D eigenvalue weighted by Gasteiger charge is -2.07. The van der Waals surface area contributed by atoms with E-state index >= 15 is 0 Å². The fraction of sp³-hybridized carbons (Fsp3) is 0.500. The first kappa shape index (κ1) is 13.6. The lowest BCUT2D eigenvalue weighted by molar-refractivity contribution is -0.146. The molecule has 0 radical (unpaired) electrons. The number of H-pyrrole nitrogens is 1. The van der Waals surface area contributed by atoms with Crippen molar-refractivity contribution < 1.29 is 9.53 Å². The third-order valence-corrected chi connectivity index (χ3v) is 2.53. The van der Waals surface area contributed by atoms with Crippen LogP contribution in [0.3, 0.4) is 0 Å². The van der Waals surface area contributed by atoms with Crippen LogP contribution >= 0.6 is 11.8 Å². The SMILES string of the molecule is CC(C)OC(=O)CCSc1nc(N)cc(=O)[nH]1. The van der Waals surface area contributed by atoms with Gasteiger partial charge in [0.2, 0.25) is 0 Å². The van der Waals surface area contributed by atoms with Gasteiger partial charge in [-0.3, -0.25) is 9.59 Å². The van der Waals surface area contributed by atoms with Crippen molar-refractivity contribution in [2.24, 2.45) is 0 Å². The summed E-state index contributed by atoms with van der Waals surface area (Å²) in [6, 6.07) is 1.21. The van der Waals surface area contributed by atoms with Gasteiger partial charge in [-0.25, -0.2) is 4.98 Å². The number of hydrogen-bond acceptors (Lipinski definition) is 6. The Labute approximate surface area is 103 Å². The van der Waals surface area contributed by atoms with E-state index < -0.39 is 0 Å². The van der Waals surface area contributed by atoms with E-state index in [1.807, 2.05) is 0 Å². The Morgan fingerprint density at radius 2 is 2.35 bits per heavy atom. The Morgan fingerprint density at radius 3 is 2.94 bits per heavy atom. The fourth-order valence-electron chi connectivity index (χ4n) is 1.07. The largest absolute Gasteiger partial charge is 0.463 e. The van der Waals surface area contributed by atoms with E-state index in [9.17, 15) is 9.59 Å². The van der Waals surface area contributed by atoms with Gasteiger partial charge >= 0.3 is 5.97 Å². The third-order valence-electron chi connectivity index (χ3n) is 1.65. The van der Waals surface area contributed by atoms with E-state index in [1.54, 1.807) is 13.8 Å². The van der Waals surface area contributed by atoms with Gasteiger partial charge < -0.3 is 15.5 Å². The van der Waals surface area contributed by atoms with Crippen molar-refractivity contribution in [3.8, 4) is 0 Å². The zero-order valence-electron chi connectivity index (χ0n) is 9.73. The van der Waals surface area contributed by atoms with E-state index in [-0.39, 0.29) is 29.9 Å². The molecule has 94 valence electrons. The highest BCUT2D eigenvalue weighted by atomic mass is 32.2. The van der Waals surface area contributed by atoms with E-state index in [1.165, 1.54) is 17.8 Å². The lowest BCUT2D eigenvalue weighted by atomic mass is 10.4. The van der Waals surface area contributed by atoms with Crippen molar-refractivity contribution in [1.82, 2.24) is 9.97 Å². The summed E-state index contributed by atoms with van der Waals surface area (Å²) in [5.74, 6) is 0.387. The van der Waals surface area contributed by atoms with E-state index in [4.69, 9.17) is 10.5 Å². The number of thioether (sulfide) groups is 1. The molecule has 0 aliphatic rings. The Bertz CT molecular complexity index is 445. The number of ether oxygens (including phenoxy) is 1. The number of nitrogens with one attached hydrogen (secondary N) is 1. The number of rotatable bonds is 5. The lowest BCUT2D eigenvalue weighted by Crippen LogP contribution is -2.12. The Kier molecular flexibility index (Phi) is 5.02. The monoisotopic (exact) mass is 257 g/mol. The number of carbonyl (C=O) groups excluding carboxylic acids is 1. The van der Waals surface area contributed by atoms with Crippen molar-refractivity contribution in [1.29, 1.82) is 0 Å². The van der Waals surface area contributed by atoms with Crippen LogP contribution in [0.25, 0.3) is 0 Å². The highest BCUT2D eigenvalue weighted by Crippen LogP contribution is 2.13. The first-order chi connectivity index (χ1) is 7.97. The Hall–Kier alpha value is -1.50. The summed E-state index contributed by atoms with van der Waals surface area (Å²) >= 11 is 1.26. The summed E-state index contributed by atoms with van der Waals surface area (Å²) in [5.41, 5.74) is 5.12. The summed E-state index contributed by atoms with van der Waals surface area (Å²) in [7, 11) is 0. The van der Waals surface area contributed by atoms with Crippen LogP contribution < -0.4 is 11.3 Å². The Balaban J connectivity index is 2.40. The van der Waals surface area contributed by atoms with Gasteiger partial charge in [-0.15, -0.1) is 0 Å². The molecule has 3 N–H and O–H groups in total. The molecule has 0 saturated carbocycles. The third kappa shape index (κ3) is 5.39. The minimum Gasteiger partial charge on any atom is -0.463 e. The number of nitrogens with zero attached hydrogens (tertiary/aromatic N) is 1. The number of hydrogen-bond donors (Lipinski definition) is 2. The molecule has 7 heteroatoms. The van der Waals surface area contributed by atoms with Crippen LogP contribution in [0.2, 0.25) is 0 Å². The van der Waals surface area contributed by atoms with Crippen LogP contribution in [0.4, 0.5) is 5.82 Å². The summed E-state index contributed by atoms with van der Waals surface area (Å²) in [6.45, 7) is 3.59. The molecule has 6 nitrogen and oxygen atoms in total. The summed E-state index contributed by atoms with van der Waals surface area (Å²) in [4.78, 5) is 28.7. The first-order valence-corrected chi connectivity index (χ1v) is 6.15. The van der Waals surface area contributed by atoms with Crippen molar-refractivity contribution in [3.05, 3.63) is 16.4 Å². The quantitative estimate of drug-likeness (QED) is 0.459. The van der Waals surface area contributed by atoms with Gasteiger partial charge in [-0.05, 0) is 13.8 Å². The standard InChI is InChI=1S/C10H15N3O3S/c1-6(2)16-9(15)3-4-17-10-12-7(11)5-8(14)13-10/h5-6H,3-4H2,1-2H3,(H3,11,12,13,14). The Morgan fingerprint density at radius 1 is 1.65 bits per heavy atom. The van der Waals surface area contributed by atoms with Crippen LogP contribution in [-0.4, -0.2) is 27.8 Å². The van der Waals surface area contributed by atoms with Crippen molar-refractivity contribution >= 4 is 23.5 Å². The van der Waals surface area contributed by atoms with E-state index in [0.29, 0.717) is 10.9 Å². The van der Waals surface area contributed by atoms with Crippen LogP contribution in [-0.2, 0) is 9.53 Å². The second kappa shape index (κ2) is 6.29. The molecule has 1 rings (SSSR count). The molecule has 0 saturated heterocycles. The molecule has 0 aliphatic carbocycles. The molecule has 0 fully saturated rings. The normalized spacial score (nSPS) is 10.5. The number of aromatic nitrogens is 2. The molecular weight excluding hydrogens is 242 g/mol. The zero-order chi connectivity index (χ0) is 12.8. The van der Waals surface area contributed by atoms with E-state index in [2.05, 4.69) is 9.97 Å². The molecule has 0 bridgehead atoms. The molecular formula is C10H15N3O3S. The van der Waals surface area contributed by atoms with Crippen LogP contribution in [0.1, 0.15) is 20.3 Å². The van der Waals surface area contributed by atoms with Crippen molar-refractivity contribution in [2.45, 2.75) is 31.5 Å². The van der Waals surface area contributed by atoms with Gasteiger partial charge in [-0.2, -0.15) is 0 Å². The molecule has 0 unspecified atom stereocenters. The highest BCUT2D eigenvalue weighted by molar-refractivity contribution is 7.99. The summed E-state index contributed by atoms with van der Waals surface area (Å²) in [6.07, 6.45) is 0.152. The number of carbonyl (C=O) groups is 1. The number of nitrogen functional groups attached to an aromatic ring is 1. The van der Waals surface area contributed by atoms with Gasteiger partial charge in [-0.1, -0.05) is 11.8 Å². The minimum atomic E-state index is -0.301. The average Bonchev–Trinajstić information content (AvgIpc) is 2.14. The van der Waals surface area contributed by atoms with Gasteiger partial charge in [0.25, 0.3) is 5.56 Å². The topological polar surface area (TPSA) is 98.1 Å². The predicted molar refractivity (Wildman–Crippen MR) is 65.8 cm³/mol. The maximum Gasteiger partial charge on any atom is 0.306 e. The molecule has 0 amide bonds. The predicted octanol–water partition coefficient (Wildman–Crippen LogP) is 0.786. The van der Waals surface area contributed by atoms with Gasteiger partial charge in [0, 0.05) is 11.8 Å². The number of nitrogens with two attached hydrogens (primary N) is 1. The van der Waals surface area contributed by atoms with Gasteiger partial charge in [0.05, 0.1) is 12.5 Å². The molecule has 0 spiro atoms. The van der Waals surface area contributed by atoms with Crippen LogP contribution in [0.5, 0.6) is 0 Å². The van der Waals surface area contributed by atoms with Crippen LogP contribution in [0.15, 0.2) is 16.0 Å². The fourth-order valence-corrected chi connectivity index (χ4v) is 1.88. The second-order valence-electron chi connectivity index (χ2n) is 3.61. The van der Waals surface area contributed by atoms with E-state index in [0.717, 1.165) is 0 Å². The smallest absolute Gasteiger partial charge is 0.306 e. The summed E-state index contributed by atoms with van der Waals surface area (Å²) < 4.78 is 4.97. The number of esters is 1. The molecule has 1 heterocycles. The molecule has 0 aromatic carbocycles. The minimum absolute atomic E-state index is 0.113. The molecule has 0 aliphatic heterocycles. The van der Waals surface area contributed by atoms with Crippen LogP contribution in [0, 0.1) is 0 Å². The maximum absolute atomic E-state index is 11.2. The van der Waals surface area contributed by atoms with Crippen molar-refractivity contribution in [2.75, 3.05) is 11.5 Å². The zero-order valence-corrected chi connectivity index (χ0v) is 10.5. The van der Waals surface area contributed by atoms with Gasteiger partial charge in [0.1, 0.15) is 5.82 Å². The summed E-state index contributed by atoms with van der Waals surface area (Å²) in [5, 5.41) is 0.410. The molecule has 17 heavy (non-hydrogen) atoms. The van der Waals surface area contributed by atoms with Gasteiger partial charge in [0.15, 0.2) is 5.16 Å². The molecule has 1 aromatic heterocycles.